The Morgan fingerprint density at radius 2 is 1.96 bits per heavy atom. The van der Waals surface area contributed by atoms with Gasteiger partial charge in [-0.3, -0.25) is 0 Å². The minimum absolute atomic E-state index is 0.274. The summed E-state index contributed by atoms with van der Waals surface area (Å²) >= 11 is 0. The van der Waals surface area contributed by atoms with Crippen molar-refractivity contribution in [2.24, 2.45) is 0 Å². The molecule has 0 fully saturated rings. The number of carbonyl (C=O) groups is 1. The van der Waals surface area contributed by atoms with E-state index >= 15 is 0 Å². The maximum absolute atomic E-state index is 14.6. The van der Waals surface area contributed by atoms with Gasteiger partial charge in [-0.05, 0) is 30.3 Å². The summed E-state index contributed by atoms with van der Waals surface area (Å²) < 4.78 is 21.8. The zero-order chi connectivity index (χ0) is 18.8. The summed E-state index contributed by atoms with van der Waals surface area (Å²) in [6, 6.07) is 16.9. The summed E-state index contributed by atoms with van der Waals surface area (Å²) in [7, 11) is 1.58. The van der Waals surface area contributed by atoms with E-state index in [9.17, 15) is 9.18 Å². The Balaban J connectivity index is 1.68. The van der Waals surface area contributed by atoms with E-state index in [1.54, 1.807) is 42.3 Å². The number of carbonyl (C=O) groups excluding carboxylic acids is 1. The minimum atomic E-state index is -0.486. The first-order chi connectivity index (χ1) is 13.2. The molecule has 1 aliphatic rings. The van der Waals surface area contributed by atoms with Crippen LogP contribution >= 0.6 is 0 Å². The third-order valence-corrected chi connectivity index (χ3v) is 4.82. The summed E-state index contributed by atoms with van der Waals surface area (Å²) in [4.78, 5) is 14.7. The van der Waals surface area contributed by atoms with Gasteiger partial charge in [0.05, 0.1) is 7.11 Å². The van der Waals surface area contributed by atoms with Gasteiger partial charge in [0.1, 0.15) is 17.6 Å². The molecule has 5 nitrogen and oxygen atoms in total. The summed E-state index contributed by atoms with van der Waals surface area (Å²) in [6.07, 6.45) is 1.96. The number of ether oxygens (including phenoxy) is 1. The number of hydrogen-bond acceptors (Lipinski definition) is 2. The fraction of sp³-hybridized carbons (Fsp3) is 0.190. The Morgan fingerprint density at radius 1 is 1.11 bits per heavy atom. The van der Waals surface area contributed by atoms with E-state index in [-0.39, 0.29) is 11.8 Å². The number of anilines is 1. The summed E-state index contributed by atoms with van der Waals surface area (Å²) in [5, 5.41) is 2.90. The lowest BCUT2D eigenvalue weighted by molar-refractivity contribution is 0.180. The smallest absolute Gasteiger partial charge is 0.322 e. The number of nitrogens with one attached hydrogen (secondary N) is 1. The van der Waals surface area contributed by atoms with Crippen LogP contribution < -0.4 is 10.1 Å². The first kappa shape index (κ1) is 17.1. The van der Waals surface area contributed by atoms with Crippen molar-refractivity contribution in [2.45, 2.75) is 12.6 Å². The van der Waals surface area contributed by atoms with Crippen LogP contribution in [0, 0.1) is 5.82 Å². The molecule has 1 atom stereocenters. The van der Waals surface area contributed by atoms with Crippen LogP contribution in [0.1, 0.15) is 17.3 Å². The molecular weight excluding hydrogens is 345 g/mol. The van der Waals surface area contributed by atoms with Gasteiger partial charge in [-0.25, -0.2) is 9.18 Å². The second-order valence-electron chi connectivity index (χ2n) is 6.41. The lowest BCUT2D eigenvalue weighted by atomic mass is 9.99. The fourth-order valence-electron chi connectivity index (χ4n) is 3.52. The number of rotatable bonds is 3. The van der Waals surface area contributed by atoms with Crippen LogP contribution in [-0.2, 0) is 6.54 Å². The Kier molecular flexibility index (Phi) is 4.54. The third kappa shape index (κ3) is 3.26. The Hall–Kier alpha value is -3.28. The summed E-state index contributed by atoms with van der Waals surface area (Å²) in [5.41, 5.74) is 2.01. The highest BCUT2D eigenvalue weighted by atomic mass is 19.1. The quantitative estimate of drug-likeness (QED) is 0.753. The maximum Gasteiger partial charge on any atom is 0.322 e. The van der Waals surface area contributed by atoms with Crippen molar-refractivity contribution >= 4 is 11.7 Å². The molecule has 3 aromatic rings. The number of aromatic nitrogens is 1. The molecule has 0 spiro atoms. The van der Waals surface area contributed by atoms with Gasteiger partial charge in [0.15, 0.2) is 0 Å². The largest absolute Gasteiger partial charge is 0.497 e. The van der Waals surface area contributed by atoms with Crippen molar-refractivity contribution in [3.05, 3.63) is 83.9 Å². The monoisotopic (exact) mass is 365 g/mol. The third-order valence-electron chi connectivity index (χ3n) is 4.82. The average molecular weight is 365 g/mol. The van der Waals surface area contributed by atoms with Crippen LogP contribution in [0.3, 0.4) is 0 Å². The highest BCUT2D eigenvalue weighted by Crippen LogP contribution is 2.34. The van der Waals surface area contributed by atoms with E-state index in [0.717, 1.165) is 5.69 Å². The van der Waals surface area contributed by atoms with E-state index in [1.165, 1.54) is 6.07 Å². The summed E-state index contributed by atoms with van der Waals surface area (Å²) in [6.45, 7) is 1.15. The van der Waals surface area contributed by atoms with Crippen LogP contribution in [0.2, 0.25) is 0 Å². The fourth-order valence-corrected chi connectivity index (χ4v) is 3.52. The van der Waals surface area contributed by atoms with Crippen LogP contribution in [0.4, 0.5) is 14.9 Å². The number of fused-ring (bicyclic) bond motifs is 1. The van der Waals surface area contributed by atoms with E-state index in [2.05, 4.69) is 9.88 Å². The SMILES string of the molecule is COc1cccc(NC(=O)N2CCn3cccc3[C@H]2c2ccccc2F)c1. The molecule has 0 radical (unpaired) electrons. The van der Waals surface area contributed by atoms with Crippen LogP contribution in [0.15, 0.2) is 66.9 Å². The molecule has 2 amide bonds. The van der Waals surface area contributed by atoms with Crippen molar-refractivity contribution in [1.82, 2.24) is 9.47 Å². The van der Waals surface area contributed by atoms with Crippen molar-refractivity contribution < 1.29 is 13.9 Å². The minimum Gasteiger partial charge on any atom is -0.497 e. The molecule has 1 N–H and O–H groups in total. The second kappa shape index (κ2) is 7.15. The van der Waals surface area contributed by atoms with Gasteiger partial charge < -0.3 is 19.5 Å². The van der Waals surface area contributed by atoms with Gasteiger partial charge in [-0.2, -0.15) is 0 Å². The van der Waals surface area contributed by atoms with Crippen molar-refractivity contribution in [2.75, 3.05) is 19.0 Å². The number of benzene rings is 2. The Labute approximate surface area is 157 Å². The number of amides is 2. The maximum atomic E-state index is 14.6. The van der Waals surface area contributed by atoms with Gasteiger partial charge in [-0.15, -0.1) is 0 Å². The molecule has 0 bridgehead atoms. The predicted molar refractivity (Wildman–Crippen MR) is 101 cm³/mol. The highest BCUT2D eigenvalue weighted by Gasteiger charge is 2.33. The molecule has 27 heavy (non-hydrogen) atoms. The molecular formula is C21H20FN3O2. The highest BCUT2D eigenvalue weighted by molar-refractivity contribution is 5.90. The first-order valence-electron chi connectivity index (χ1n) is 8.78. The first-order valence-corrected chi connectivity index (χ1v) is 8.78. The van der Waals surface area contributed by atoms with Crippen LogP contribution in [-0.4, -0.2) is 29.2 Å². The lowest BCUT2D eigenvalue weighted by Gasteiger charge is -2.37. The number of halogens is 1. The molecule has 2 heterocycles. The zero-order valence-electron chi connectivity index (χ0n) is 14.9. The predicted octanol–water partition coefficient (Wildman–Crippen LogP) is 4.27. The molecule has 0 unspecified atom stereocenters. The van der Waals surface area contributed by atoms with Crippen LogP contribution in [0.25, 0.3) is 0 Å². The van der Waals surface area contributed by atoms with E-state index < -0.39 is 6.04 Å². The molecule has 2 aromatic carbocycles. The molecule has 0 saturated carbocycles. The number of urea groups is 1. The molecule has 138 valence electrons. The van der Waals surface area contributed by atoms with E-state index in [4.69, 9.17) is 4.74 Å². The number of nitrogens with zero attached hydrogens (tertiary/aromatic N) is 2. The summed E-state index contributed by atoms with van der Waals surface area (Å²) in [5.74, 6) is 0.335. The number of methoxy groups -OCH3 is 1. The van der Waals surface area contributed by atoms with E-state index in [1.807, 2.05) is 30.5 Å². The van der Waals surface area contributed by atoms with Crippen LogP contribution in [0.5, 0.6) is 5.75 Å². The van der Waals surface area contributed by atoms with Gasteiger partial charge in [0.25, 0.3) is 0 Å². The Bertz CT molecular complexity index is 969. The zero-order valence-corrected chi connectivity index (χ0v) is 14.9. The Morgan fingerprint density at radius 3 is 2.78 bits per heavy atom. The molecule has 0 aliphatic carbocycles. The van der Waals surface area contributed by atoms with Gasteiger partial charge in [-0.1, -0.05) is 24.3 Å². The lowest BCUT2D eigenvalue weighted by Crippen LogP contribution is -2.44. The molecule has 1 aromatic heterocycles. The molecule has 4 rings (SSSR count). The average Bonchev–Trinajstić information content (AvgIpc) is 3.17. The van der Waals surface area contributed by atoms with Crippen molar-refractivity contribution in [3.63, 3.8) is 0 Å². The standard InChI is InChI=1S/C21H20FN3O2/c1-27-16-7-4-6-15(14-16)23-21(26)25-13-12-24-11-5-10-19(24)20(25)17-8-2-3-9-18(17)22/h2-11,14,20H,12-13H2,1H3,(H,23,26)/t20-/m1/s1. The number of hydrogen-bond donors (Lipinski definition) is 1. The molecule has 0 saturated heterocycles. The molecule has 6 heteroatoms. The normalized spacial score (nSPS) is 15.9. The van der Waals surface area contributed by atoms with Gasteiger partial charge >= 0.3 is 6.03 Å². The van der Waals surface area contributed by atoms with Crippen molar-refractivity contribution in [3.8, 4) is 5.75 Å². The second-order valence-corrected chi connectivity index (χ2v) is 6.41. The van der Waals surface area contributed by atoms with E-state index in [0.29, 0.717) is 30.1 Å². The topological polar surface area (TPSA) is 46.5 Å². The van der Waals surface area contributed by atoms with Gasteiger partial charge in [0.2, 0.25) is 0 Å². The van der Waals surface area contributed by atoms with Gasteiger partial charge in [0, 0.05) is 42.3 Å². The van der Waals surface area contributed by atoms with Crippen molar-refractivity contribution in [1.29, 1.82) is 0 Å². The molecule has 1 aliphatic heterocycles.